The van der Waals surface area contributed by atoms with Gasteiger partial charge in [-0.05, 0) is 139 Å². The van der Waals surface area contributed by atoms with Gasteiger partial charge in [-0.15, -0.1) is 0 Å². The minimum absolute atomic E-state index is 0.00699. The second-order valence-corrected chi connectivity index (χ2v) is 20.2. The first-order valence-corrected chi connectivity index (χ1v) is 23.1. The van der Waals surface area contributed by atoms with Gasteiger partial charge in [-0.3, -0.25) is 34.1 Å². The Morgan fingerprint density at radius 1 is 0.769 bits per heavy atom. The lowest BCUT2D eigenvalue weighted by molar-refractivity contribution is -0.150. The van der Waals surface area contributed by atoms with E-state index in [0.29, 0.717) is 37.6 Å². The van der Waals surface area contributed by atoms with Crippen LogP contribution >= 0.6 is 0 Å². The predicted molar refractivity (Wildman–Crippen MR) is 243 cm³/mol. The SMILES string of the molecule is CC(C)[C@H](NC=O)C(=O)N[C@@H](CCCNC(N)=O)C(=O)N[C@@H](C=O)C(=O)Nc1ccc2c(c1)[C@@]1(C)CCC[C@](C)(C(=O)NC(=O)[C@@]3(C)CCC[C@]4(C)c5cc(O)ccc5CC[C@@H]34)[C@@H]1CC2. The van der Waals surface area contributed by atoms with Gasteiger partial charge < -0.3 is 42.2 Å². The molecule has 6 rings (SSSR count). The van der Waals surface area contributed by atoms with Gasteiger partial charge in [-0.1, -0.05) is 66.5 Å². The number of carbonyl (C=O) groups excluding carboxylic acids is 8. The number of phenols is 1. The number of hydrogen-bond acceptors (Lipinski definition) is 9. The largest absolute Gasteiger partial charge is 0.508 e. The molecule has 0 saturated heterocycles. The van der Waals surface area contributed by atoms with Gasteiger partial charge in [0.05, 0.1) is 10.8 Å². The number of urea groups is 1. The van der Waals surface area contributed by atoms with Crippen molar-refractivity contribution in [2.24, 2.45) is 34.3 Å². The maximum absolute atomic E-state index is 14.7. The van der Waals surface area contributed by atoms with Crippen LogP contribution in [0.4, 0.5) is 10.5 Å². The monoisotopic (exact) mass is 898 g/mol. The average molecular weight is 898 g/mol. The molecule has 0 aliphatic heterocycles. The van der Waals surface area contributed by atoms with Crippen molar-refractivity contribution in [1.29, 1.82) is 0 Å². The third-order valence-electron chi connectivity index (χ3n) is 15.7. The Hall–Kier alpha value is -5.80. The van der Waals surface area contributed by atoms with Gasteiger partial charge in [0.15, 0.2) is 12.3 Å². The molecule has 16 nitrogen and oxygen atoms in total. The maximum Gasteiger partial charge on any atom is 0.312 e. The number of benzene rings is 2. The zero-order chi connectivity index (χ0) is 47.5. The molecule has 8 amide bonds. The van der Waals surface area contributed by atoms with Crippen molar-refractivity contribution in [3.8, 4) is 5.75 Å². The summed E-state index contributed by atoms with van der Waals surface area (Å²) < 4.78 is 0. The third-order valence-corrected chi connectivity index (χ3v) is 15.7. The highest BCUT2D eigenvalue weighted by molar-refractivity contribution is 6.07. The highest BCUT2D eigenvalue weighted by Crippen LogP contribution is 2.60. The van der Waals surface area contributed by atoms with E-state index in [4.69, 9.17) is 5.73 Å². The minimum atomic E-state index is -1.64. The molecule has 0 bridgehead atoms. The number of aromatic hydroxyl groups is 1. The molecule has 352 valence electrons. The Kier molecular flexibility index (Phi) is 14.5. The Bertz CT molecular complexity index is 2210. The third kappa shape index (κ3) is 9.62. The highest BCUT2D eigenvalue weighted by atomic mass is 16.3. The molecule has 0 unspecified atom stereocenters. The van der Waals surface area contributed by atoms with Gasteiger partial charge in [0.2, 0.25) is 30.0 Å². The molecule has 2 saturated carbocycles. The van der Waals surface area contributed by atoms with Gasteiger partial charge >= 0.3 is 6.03 Å². The van der Waals surface area contributed by atoms with E-state index >= 15 is 0 Å². The molecule has 65 heavy (non-hydrogen) atoms. The fourth-order valence-electron chi connectivity index (χ4n) is 12.2. The molecule has 4 aliphatic rings. The summed E-state index contributed by atoms with van der Waals surface area (Å²) in [4.78, 5) is 104. The number of hydrogen-bond donors (Lipinski definition) is 8. The van der Waals surface area contributed by atoms with Gasteiger partial charge in [0, 0.05) is 12.2 Å². The number of fused-ring (bicyclic) bond motifs is 6. The predicted octanol–water partition coefficient (Wildman–Crippen LogP) is 4.08. The molecule has 9 atom stereocenters. The first-order valence-electron chi connectivity index (χ1n) is 23.1. The molecule has 0 heterocycles. The van der Waals surface area contributed by atoms with Crippen molar-refractivity contribution in [1.82, 2.24) is 26.6 Å². The van der Waals surface area contributed by atoms with Crippen LogP contribution in [0.15, 0.2) is 36.4 Å². The number of anilines is 1. The van der Waals surface area contributed by atoms with Crippen LogP contribution in [0.2, 0.25) is 0 Å². The number of imide groups is 1. The lowest BCUT2D eigenvalue weighted by atomic mass is 9.49. The fraction of sp³-hybridized carbons (Fsp3) is 0.592. The van der Waals surface area contributed by atoms with Crippen LogP contribution in [0, 0.1) is 28.6 Å². The lowest BCUT2D eigenvalue weighted by Gasteiger charge is -2.56. The highest BCUT2D eigenvalue weighted by Gasteiger charge is 2.58. The van der Waals surface area contributed by atoms with Crippen LogP contribution in [0.3, 0.4) is 0 Å². The van der Waals surface area contributed by atoms with E-state index in [1.165, 1.54) is 5.56 Å². The number of carbonyl (C=O) groups is 8. The lowest BCUT2D eigenvalue weighted by Crippen LogP contribution is -2.60. The van der Waals surface area contributed by atoms with Crippen LogP contribution in [0.1, 0.15) is 128 Å². The summed E-state index contributed by atoms with van der Waals surface area (Å²) in [7, 11) is 0. The summed E-state index contributed by atoms with van der Waals surface area (Å²) in [6.07, 6.45) is 8.43. The summed E-state index contributed by atoms with van der Waals surface area (Å²) in [5, 5.41) is 26.1. The number of amides is 8. The standard InChI is InChI=1S/C49H67N7O9/c1-28(2)39(52-27-58)42(62)54-35(10-7-23-51-45(50)65)40(60)55-36(26-57)41(61)53-31-15-11-29-13-17-37-46(3,33(29)24-31)19-8-21-48(37,5)43(63)56-44(64)49(6)22-9-20-47(4)34-25-32(59)16-12-30(34)14-18-38(47)49/h11-12,15-16,24-28,35-39,59H,7-10,13-14,17-23H2,1-6H3,(H,52,58)(H,53,61)(H,54,62)(H,55,60)(H3,50,51,65)(H,56,63,64)/t35-,36-,37+,38+,39-,46+,47+,48-,49-/m0/s1. The molecule has 9 N–H and O–H groups in total. The quantitative estimate of drug-likeness (QED) is 0.0522. The van der Waals surface area contributed by atoms with E-state index in [9.17, 15) is 43.5 Å². The number of rotatable bonds is 16. The Morgan fingerprint density at radius 3 is 1.88 bits per heavy atom. The van der Waals surface area contributed by atoms with E-state index in [1.807, 2.05) is 38.1 Å². The first kappa shape index (κ1) is 48.7. The van der Waals surface area contributed by atoms with Crippen molar-refractivity contribution in [2.45, 2.75) is 148 Å². The minimum Gasteiger partial charge on any atom is -0.508 e. The van der Waals surface area contributed by atoms with Gasteiger partial charge in [-0.25, -0.2) is 4.79 Å². The zero-order valence-electron chi connectivity index (χ0n) is 38.6. The van der Waals surface area contributed by atoms with Crippen LogP contribution in [-0.4, -0.2) is 78.0 Å². The molecule has 0 aromatic heterocycles. The Morgan fingerprint density at radius 2 is 1.34 bits per heavy atom. The van der Waals surface area contributed by atoms with Gasteiger partial charge in [0.25, 0.3) is 5.91 Å². The molecule has 4 aliphatic carbocycles. The number of aryl methyl sites for hydroxylation is 2. The van der Waals surface area contributed by atoms with Crippen LogP contribution in [0.25, 0.3) is 0 Å². The van der Waals surface area contributed by atoms with E-state index in [2.05, 4.69) is 45.7 Å². The Balaban J connectivity index is 1.16. The summed E-state index contributed by atoms with van der Waals surface area (Å²) in [6.45, 7) is 11.8. The van der Waals surface area contributed by atoms with Gasteiger partial charge in [0.1, 0.15) is 17.8 Å². The number of phenolic OH excluding ortho intramolecular Hbond substituents is 1. The molecule has 16 heteroatoms. The van der Waals surface area contributed by atoms with E-state index in [1.54, 1.807) is 26.0 Å². The average Bonchev–Trinajstić information content (AvgIpc) is 3.25. The molecule has 2 fully saturated rings. The zero-order valence-corrected chi connectivity index (χ0v) is 38.6. The number of aldehydes is 1. The van der Waals surface area contributed by atoms with Crippen molar-refractivity contribution in [2.75, 3.05) is 11.9 Å². The smallest absolute Gasteiger partial charge is 0.312 e. The van der Waals surface area contributed by atoms with Crippen molar-refractivity contribution in [3.63, 3.8) is 0 Å². The van der Waals surface area contributed by atoms with E-state index in [-0.39, 0.29) is 60.1 Å². The molecule has 0 radical (unpaired) electrons. The summed E-state index contributed by atoms with van der Waals surface area (Å²) in [6, 6.07) is 6.51. The molecule has 0 spiro atoms. The van der Waals surface area contributed by atoms with E-state index in [0.717, 1.165) is 61.6 Å². The topological polar surface area (TPSA) is 255 Å². The summed E-state index contributed by atoms with van der Waals surface area (Å²) >= 11 is 0. The number of nitrogens with one attached hydrogen (secondary N) is 6. The Labute approximate surface area is 381 Å². The molecular formula is C49H67N7O9. The number of primary amides is 1. The molecular weight excluding hydrogens is 831 g/mol. The van der Waals surface area contributed by atoms with Crippen molar-refractivity contribution < 1.29 is 43.5 Å². The summed E-state index contributed by atoms with van der Waals surface area (Å²) in [5.74, 6) is -3.04. The second-order valence-electron chi connectivity index (χ2n) is 20.2. The van der Waals surface area contributed by atoms with Crippen molar-refractivity contribution in [3.05, 3.63) is 58.7 Å². The van der Waals surface area contributed by atoms with Crippen molar-refractivity contribution >= 4 is 54.0 Å². The summed E-state index contributed by atoms with van der Waals surface area (Å²) in [5.41, 5.74) is 7.43. The number of nitrogens with two attached hydrogens (primary N) is 1. The van der Waals surface area contributed by atoms with Crippen LogP contribution < -0.4 is 37.6 Å². The molecule has 2 aromatic rings. The molecule has 2 aromatic carbocycles. The second kappa shape index (κ2) is 19.4. The van der Waals surface area contributed by atoms with Gasteiger partial charge in [-0.2, -0.15) is 0 Å². The fourth-order valence-corrected chi connectivity index (χ4v) is 12.2. The van der Waals surface area contributed by atoms with Crippen LogP contribution in [0.5, 0.6) is 5.75 Å². The first-order chi connectivity index (χ1) is 30.7. The van der Waals surface area contributed by atoms with Crippen LogP contribution in [-0.2, 0) is 57.2 Å². The maximum atomic E-state index is 14.7. The normalized spacial score (nSPS) is 27.9. The van der Waals surface area contributed by atoms with E-state index < -0.39 is 58.1 Å².